The van der Waals surface area contributed by atoms with Crippen LogP contribution >= 0.6 is 15.9 Å². The third-order valence-corrected chi connectivity index (χ3v) is 4.94. The Balaban J connectivity index is 2.18. The van der Waals surface area contributed by atoms with Crippen LogP contribution < -0.4 is 15.1 Å². The van der Waals surface area contributed by atoms with Crippen molar-refractivity contribution in [2.45, 2.75) is 19.8 Å². The number of halogens is 1. The van der Waals surface area contributed by atoms with E-state index in [4.69, 9.17) is 4.74 Å². The molecule has 6 nitrogen and oxygen atoms in total. The van der Waals surface area contributed by atoms with Crippen LogP contribution in [0.3, 0.4) is 0 Å². The topological polar surface area (TPSA) is 77.7 Å². The van der Waals surface area contributed by atoms with Gasteiger partial charge in [-0.05, 0) is 41.4 Å². The molecule has 1 atom stereocenters. The fraction of sp³-hybridized carbons (Fsp3) is 0.286. The van der Waals surface area contributed by atoms with Crippen molar-refractivity contribution >= 4 is 33.7 Å². The van der Waals surface area contributed by atoms with Crippen molar-refractivity contribution in [1.82, 2.24) is 5.43 Å². The Morgan fingerprint density at radius 2 is 2.00 bits per heavy atom. The van der Waals surface area contributed by atoms with Crippen LogP contribution in [0.25, 0.3) is 0 Å². The average Bonchev–Trinajstić information content (AvgIpc) is 2.71. The second-order valence-electron chi connectivity index (χ2n) is 5.92. The minimum Gasteiger partial charge on any atom is -0.496 e. The smallest absolute Gasteiger partial charge is 0.261 e. The molecule has 146 valence electrons. The summed E-state index contributed by atoms with van der Waals surface area (Å²) in [6, 6.07) is 14.7. The second kappa shape index (κ2) is 10.5. The number of nitrogens with one attached hydrogen (secondary N) is 1. The molecule has 1 N–H and O–H groups in total. The van der Waals surface area contributed by atoms with Gasteiger partial charge >= 0.3 is 0 Å². The zero-order valence-corrected chi connectivity index (χ0v) is 17.7. The highest BCUT2D eigenvalue weighted by atomic mass is 79.9. The van der Waals surface area contributed by atoms with Gasteiger partial charge in [-0.15, -0.1) is 0 Å². The van der Waals surface area contributed by atoms with Gasteiger partial charge in [-0.25, -0.2) is 5.43 Å². The Morgan fingerprint density at radius 3 is 2.57 bits per heavy atom. The van der Waals surface area contributed by atoms with E-state index < -0.39 is 11.8 Å². The number of benzene rings is 2. The largest absolute Gasteiger partial charge is 0.496 e. The molecule has 0 aliphatic carbocycles. The lowest BCUT2D eigenvalue weighted by Crippen LogP contribution is -2.24. The molecule has 0 bridgehead atoms. The van der Waals surface area contributed by atoms with E-state index >= 15 is 0 Å². The van der Waals surface area contributed by atoms with Crippen molar-refractivity contribution in [3.63, 3.8) is 0 Å². The van der Waals surface area contributed by atoms with Crippen LogP contribution in [0.4, 0.5) is 5.69 Å². The Morgan fingerprint density at radius 1 is 1.32 bits per heavy atom. The quantitative estimate of drug-likeness (QED) is 0.493. The average molecular weight is 443 g/mol. The Bertz CT molecular complexity index is 874. The fourth-order valence-corrected chi connectivity index (χ4v) is 3.41. The molecular weight excluding hydrogens is 420 g/mol. The number of rotatable bonds is 8. The van der Waals surface area contributed by atoms with Crippen LogP contribution in [-0.2, 0) is 4.79 Å². The number of carbonyl (C=O) groups excluding carboxylic acids is 1. The monoisotopic (exact) mass is 442 g/mol. The first-order chi connectivity index (χ1) is 13.5. The van der Waals surface area contributed by atoms with Crippen LogP contribution in [0.1, 0.15) is 30.9 Å². The van der Waals surface area contributed by atoms with E-state index in [1.54, 1.807) is 31.4 Å². The van der Waals surface area contributed by atoms with Crippen molar-refractivity contribution in [2.24, 2.45) is 5.10 Å². The number of methoxy groups -OCH3 is 1. The van der Waals surface area contributed by atoms with Crippen LogP contribution in [0, 0.1) is 11.3 Å². The lowest BCUT2D eigenvalue weighted by molar-refractivity contribution is -0.121. The molecule has 0 heterocycles. The zero-order chi connectivity index (χ0) is 20.5. The predicted molar refractivity (Wildman–Crippen MR) is 115 cm³/mol. The molecule has 0 spiro atoms. The van der Waals surface area contributed by atoms with Crippen molar-refractivity contribution < 1.29 is 9.53 Å². The molecule has 7 heteroatoms. The van der Waals surface area contributed by atoms with Gasteiger partial charge in [0.15, 0.2) is 5.92 Å². The van der Waals surface area contributed by atoms with Gasteiger partial charge in [0.05, 0.1) is 25.1 Å². The van der Waals surface area contributed by atoms with Gasteiger partial charge in [0, 0.05) is 29.2 Å². The second-order valence-corrected chi connectivity index (χ2v) is 6.78. The summed E-state index contributed by atoms with van der Waals surface area (Å²) >= 11 is 3.59. The van der Waals surface area contributed by atoms with Gasteiger partial charge in [-0.3, -0.25) is 4.79 Å². The van der Waals surface area contributed by atoms with Gasteiger partial charge in [0.25, 0.3) is 5.91 Å². The van der Waals surface area contributed by atoms with Crippen LogP contribution in [0.15, 0.2) is 52.0 Å². The Hall–Kier alpha value is -2.85. The van der Waals surface area contributed by atoms with Gasteiger partial charge in [0.1, 0.15) is 5.75 Å². The molecule has 0 fully saturated rings. The van der Waals surface area contributed by atoms with Crippen molar-refractivity contribution in [3.8, 4) is 11.8 Å². The standard InChI is InChI=1S/C21H23BrN4O2/c1-4-26(5-2)19-12-20(28-3)16(11-18(19)22)14-24-25-21(27)17(13-23)15-9-7-6-8-10-15/h6-12,14,17H,4-5H2,1-3H3,(H,25,27)/b24-14-/t17-/m0/s1. The highest BCUT2D eigenvalue weighted by Gasteiger charge is 2.19. The van der Waals surface area contributed by atoms with E-state index in [-0.39, 0.29) is 0 Å². The van der Waals surface area contributed by atoms with Crippen molar-refractivity contribution in [3.05, 3.63) is 58.1 Å². The Kier molecular flexibility index (Phi) is 8.02. The maximum atomic E-state index is 12.3. The van der Waals surface area contributed by atoms with Crippen LogP contribution in [0.2, 0.25) is 0 Å². The normalized spacial score (nSPS) is 11.7. The SMILES string of the molecule is CCN(CC)c1cc(OC)c(/C=N\NC(=O)[C@@H](C#N)c2ccccc2)cc1Br. The molecule has 0 saturated carbocycles. The van der Waals surface area contributed by atoms with Crippen LogP contribution in [-0.4, -0.2) is 32.3 Å². The lowest BCUT2D eigenvalue weighted by atomic mass is 10.0. The molecule has 0 radical (unpaired) electrons. The molecule has 0 aliphatic heterocycles. The van der Waals surface area contributed by atoms with E-state index in [2.05, 4.69) is 45.2 Å². The number of hydrazone groups is 1. The van der Waals surface area contributed by atoms with E-state index in [9.17, 15) is 10.1 Å². The van der Waals surface area contributed by atoms with Gasteiger partial charge in [-0.1, -0.05) is 30.3 Å². The molecule has 2 rings (SSSR count). The number of ether oxygens (including phenoxy) is 1. The third-order valence-electron chi connectivity index (χ3n) is 4.31. The minimum absolute atomic E-state index is 0.484. The first-order valence-corrected chi connectivity index (χ1v) is 9.74. The van der Waals surface area contributed by atoms with Crippen molar-refractivity contribution in [2.75, 3.05) is 25.1 Å². The van der Waals surface area contributed by atoms with E-state index in [1.807, 2.05) is 24.3 Å². The summed E-state index contributed by atoms with van der Waals surface area (Å²) in [5.74, 6) is -0.761. The van der Waals surface area contributed by atoms with E-state index in [1.165, 1.54) is 6.21 Å². The van der Waals surface area contributed by atoms with Gasteiger partial charge in [0.2, 0.25) is 0 Å². The molecule has 0 saturated heterocycles. The Labute approximate surface area is 173 Å². The number of carbonyl (C=O) groups is 1. The number of hydrogen-bond acceptors (Lipinski definition) is 5. The summed E-state index contributed by atoms with van der Waals surface area (Å²) in [4.78, 5) is 14.5. The predicted octanol–water partition coefficient (Wildman–Crippen LogP) is 4.06. The summed E-state index contributed by atoms with van der Waals surface area (Å²) < 4.78 is 6.38. The maximum Gasteiger partial charge on any atom is 0.261 e. The number of amides is 1. The molecule has 2 aromatic carbocycles. The number of nitriles is 1. The molecule has 0 aromatic heterocycles. The third kappa shape index (κ3) is 5.11. The van der Waals surface area contributed by atoms with E-state index in [0.717, 1.165) is 23.2 Å². The molecule has 1 amide bonds. The van der Waals surface area contributed by atoms with Gasteiger partial charge < -0.3 is 9.64 Å². The molecule has 28 heavy (non-hydrogen) atoms. The molecule has 0 aliphatic rings. The fourth-order valence-electron chi connectivity index (χ4n) is 2.80. The summed E-state index contributed by atoms with van der Waals surface area (Å²) in [5.41, 5.74) is 4.80. The highest BCUT2D eigenvalue weighted by molar-refractivity contribution is 9.10. The van der Waals surface area contributed by atoms with Crippen molar-refractivity contribution in [1.29, 1.82) is 5.26 Å². The van der Waals surface area contributed by atoms with E-state index in [0.29, 0.717) is 16.9 Å². The molecule has 0 unspecified atom stereocenters. The first-order valence-electron chi connectivity index (χ1n) is 8.95. The lowest BCUT2D eigenvalue weighted by Gasteiger charge is -2.23. The summed E-state index contributed by atoms with van der Waals surface area (Å²) in [6.45, 7) is 5.92. The summed E-state index contributed by atoms with van der Waals surface area (Å²) in [5, 5.41) is 13.3. The first kappa shape index (κ1) is 21.5. The van der Waals surface area contributed by atoms with Gasteiger partial charge in [-0.2, -0.15) is 10.4 Å². The minimum atomic E-state index is -0.919. The maximum absolute atomic E-state index is 12.3. The molecular formula is C21H23BrN4O2. The van der Waals surface area contributed by atoms with Crippen LogP contribution in [0.5, 0.6) is 5.75 Å². The summed E-state index contributed by atoms with van der Waals surface area (Å²) in [6.07, 6.45) is 1.51. The number of hydrogen-bond donors (Lipinski definition) is 1. The molecule has 2 aromatic rings. The summed E-state index contributed by atoms with van der Waals surface area (Å²) in [7, 11) is 1.59. The highest BCUT2D eigenvalue weighted by Crippen LogP contribution is 2.33. The number of anilines is 1. The number of nitrogens with zero attached hydrogens (tertiary/aromatic N) is 3. The zero-order valence-electron chi connectivity index (χ0n) is 16.1.